The molecule has 2 aromatic heterocycles. The molecule has 0 aromatic carbocycles. The second-order valence-electron chi connectivity index (χ2n) is 6.37. The van der Waals surface area contributed by atoms with Gasteiger partial charge in [0.25, 0.3) is 0 Å². The maximum atomic E-state index is 5.45. The Kier molecular flexibility index (Phi) is 3.72. The van der Waals surface area contributed by atoms with E-state index >= 15 is 0 Å². The van der Waals surface area contributed by atoms with Crippen molar-refractivity contribution in [3.05, 3.63) is 35.5 Å². The standard InChI is InChI=1S/C16H22N4O2/c1-21-11-15-16-14(20(18-17-16)9-12-2-3-12)4-6-19(15)8-13-5-7-22-10-13/h5,7,10,12,15H,2-4,6,8-9,11H2,1H3. The highest BCUT2D eigenvalue weighted by Gasteiger charge is 2.33. The van der Waals surface area contributed by atoms with Gasteiger partial charge in [-0.05, 0) is 24.8 Å². The molecule has 0 amide bonds. The van der Waals surface area contributed by atoms with Crippen LogP contribution in [0.4, 0.5) is 0 Å². The average molecular weight is 302 g/mol. The summed E-state index contributed by atoms with van der Waals surface area (Å²) >= 11 is 0. The molecule has 1 atom stereocenters. The highest BCUT2D eigenvalue weighted by Crippen LogP contribution is 2.34. The van der Waals surface area contributed by atoms with Crippen LogP contribution in [0, 0.1) is 5.92 Å². The predicted molar refractivity (Wildman–Crippen MR) is 80.2 cm³/mol. The van der Waals surface area contributed by atoms with Gasteiger partial charge in [0, 0.05) is 38.7 Å². The van der Waals surface area contributed by atoms with Crippen molar-refractivity contribution in [3.8, 4) is 0 Å². The van der Waals surface area contributed by atoms with Gasteiger partial charge in [0.1, 0.15) is 5.69 Å². The third kappa shape index (κ3) is 2.68. The summed E-state index contributed by atoms with van der Waals surface area (Å²) in [4.78, 5) is 2.41. The molecule has 0 saturated heterocycles. The molecule has 3 heterocycles. The zero-order valence-corrected chi connectivity index (χ0v) is 12.9. The minimum Gasteiger partial charge on any atom is -0.472 e. The number of hydrogen-bond donors (Lipinski definition) is 0. The lowest BCUT2D eigenvalue weighted by molar-refractivity contribution is 0.0748. The molecule has 0 N–H and O–H groups in total. The monoisotopic (exact) mass is 302 g/mol. The topological polar surface area (TPSA) is 56.3 Å². The van der Waals surface area contributed by atoms with E-state index in [1.807, 2.05) is 12.3 Å². The van der Waals surface area contributed by atoms with E-state index in [9.17, 15) is 0 Å². The van der Waals surface area contributed by atoms with Gasteiger partial charge in [-0.25, -0.2) is 4.68 Å². The molecule has 1 unspecified atom stereocenters. The number of methoxy groups -OCH3 is 1. The van der Waals surface area contributed by atoms with Crippen LogP contribution in [0.1, 0.15) is 35.8 Å². The third-order valence-electron chi connectivity index (χ3n) is 4.68. The summed E-state index contributed by atoms with van der Waals surface area (Å²) in [5, 5.41) is 8.89. The van der Waals surface area contributed by atoms with Gasteiger partial charge in [0.2, 0.25) is 0 Å². The van der Waals surface area contributed by atoms with Gasteiger partial charge in [-0.2, -0.15) is 0 Å². The van der Waals surface area contributed by atoms with Crippen molar-refractivity contribution in [1.82, 2.24) is 19.9 Å². The number of nitrogens with zero attached hydrogens (tertiary/aromatic N) is 4. The number of rotatable bonds is 6. The van der Waals surface area contributed by atoms with Crippen LogP contribution in [0.25, 0.3) is 0 Å². The van der Waals surface area contributed by atoms with Crippen molar-refractivity contribution in [2.24, 2.45) is 5.92 Å². The minimum atomic E-state index is 0.177. The first-order valence-corrected chi connectivity index (χ1v) is 8.01. The molecule has 1 aliphatic heterocycles. The Morgan fingerprint density at radius 1 is 1.41 bits per heavy atom. The fourth-order valence-electron chi connectivity index (χ4n) is 3.28. The summed E-state index contributed by atoms with van der Waals surface area (Å²) in [7, 11) is 1.75. The summed E-state index contributed by atoms with van der Waals surface area (Å²) in [5.74, 6) is 0.815. The van der Waals surface area contributed by atoms with Crippen LogP contribution in [0.5, 0.6) is 0 Å². The summed E-state index contributed by atoms with van der Waals surface area (Å²) in [6, 6.07) is 2.19. The van der Waals surface area contributed by atoms with E-state index in [1.165, 1.54) is 24.1 Å². The number of ether oxygens (including phenoxy) is 1. The van der Waals surface area contributed by atoms with Gasteiger partial charge >= 0.3 is 0 Å². The van der Waals surface area contributed by atoms with E-state index in [4.69, 9.17) is 9.15 Å². The van der Waals surface area contributed by atoms with Gasteiger partial charge in [0.15, 0.2) is 0 Å². The third-order valence-corrected chi connectivity index (χ3v) is 4.68. The minimum absolute atomic E-state index is 0.177. The van der Waals surface area contributed by atoms with Gasteiger partial charge in [-0.3, -0.25) is 4.90 Å². The van der Waals surface area contributed by atoms with Crippen LogP contribution in [0.3, 0.4) is 0 Å². The molecule has 0 radical (unpaired) electrons. The number of fused-ring (bicyclic) bond motifs is 1. The van der Waals surface area contributed by atoms with Gasteiger partial charge in [-0.1, -0.05) is 5.21 Å². The summed E-state index contributed by atoms with van der Waals surface area (Å²) in [5.41, 5.74) is 3.59. The molecule has 22 heavy (non-hydrogen) atoms. The maximum Gasteiger partial charge on any atom is 0.105 e. The van der Waals surface area contributed by atoms with Crippen LogP contribution >= 0.6 is 0 Å². The van der Waals surface area contributed by atoms with Crippen molar-refractivity contribution in [1.29, 1.82) is 0 Å². The Hall–Kier alpha value is -1.66. The van der Waals surface area contributed by atoms with Gasteiger partial charge < -0.3 is 9.15 Å². The van der Waals surface area contributed by atoms with Crippen molar-refractivity contribution in [3.63, 3.8) is 0 Å². The van der Waals surface area contributed by atoms with Gasteiger partial charge in [0.05, 0.1) is 30.9 Å². The molecule has 1 fully saturated rings. The molecule has 6 nitrogen and oxygen atoms in total. The van der Waals surface area contributed by atoms with E-state index in [0.717, 1.165) is 37.7 Å². The first-order valence-electron chi connectivity index (χ1n) is 8.01. The first kappa shape index (κ1) is 14.0. The first-order chi connectivity index (χ1) is 10.8. The van der Waals surface area contributed by atoms with E-state index in [2.05, 4.69) is 19.9 Å². The largest absolute Gasteiger partial charge is 0.472 e. The average Bonchev–Trinajstić information content (AvgIpc) is 3.02. The van der Waals surface area contributed by atoms with Crippen molar-refractivity contribution >= 4 is 0 Å². The van der Waals surface area contributed by atoms with Crippen LogP contribution in [-0.4, -0.2) is 40.2 Å². The Morgan fingerprint density at radius 2 is 2.32 bits per heavy atom. The molecule has 6 heteroatoms. The molecule has 0 bridgehead atoms. The fraction of sp³-hybridized carbons (Fsp3) is 0.625. The van der Waals surface area contributed by atoms with Crippen molar-refractivity contribution in [2.45, 2.75) is 38.4 Å². The van der Waals surface area contributed by atoms with Crippen LogP contribution in [-0.2, 0) is 24.2 Å². The van der Waals surface area contributed by atoms with E-state index in [0.29, 0.717) is 6.61 Å². The lowest BCUT2D eigenvalue weighted by Crippen LogP contribution is -2.38. The highest BCUT2D eigenvalue weighted by molar-refractivity contribution is 5.20. The molecular weight excluding hydrogens is 280 g/mol. The molecule has 2 aliphatic rings. The van der Waals surface area contributed by atoms with Crippen molar-refractivity contribution in [2.75, 3.05) is 20.3 Å². The Morgan fingerprint density at radius 3 is 3.05 bits per heavy atom. The molecular formula is C16H22N4O2. The number of hydrogen-bond acceptors (Lipinski definition) is 5. The van der Waals surface area contributed by atoms with E-state index in [1.54, 1.807) is 13.4 Å². The molecule has 1 saturated carbocycles. The molecule has 2 aromatic rings. The summed E-state index contributed by atoms with van der Waals surface area (Å²) in [6.07, 6.45) is 7.21. The number of furan rings is 1. The van der Waals surface area contributed by atoms with Crippen molar-refractivity contribution < 1.29 is 9.15 Å². The summed E-state index contributed by atoms with van der Waals surface area (Å²) in [6.45, 7) is 3.54. The lowest BCUT2D eigenvalue weighted by atomic mass is 10.0. The second kappa shape index (κ2) is 5.85. The molecule has 0 spiro atoms. The number of aromatic nitrogens is 3. The Balaban J connectivity index is 1.57. The van der Waals surface area contributed by atoms with Crippen LogP contribution < -0.4 is 0 Å². The summed E-state index contributed by atoms with van der Waals surface area (Å²) < 4.78 is 12.8. The lowest BCUT2D eigenvalue weighted by Gasteiger charge is -2.34. The maximum absolute atomic E-state index is 5.45. The van der Waals surface area contributed by atoms with E-state index in [-0.39, 0.29) is 6.04 Å². The fourth-order valence-corrected chi connectivity index (χ4v) is 3.28. The highest BCUT2D eigenvalue weighted by atomic mass is 16.5. The molecule has 1 aliphatic carbocycles. The van der Waals surface area contributed by atoms with Crippen LogP contribution in [0.2, 0.25) is 0 Å². The Labute approximate surface area is 130 Å². The normalized spacial score (nSPS) is 22.0. The Bertz CT molecular complexity index is 618. The zero-order valence-electron chi connectivity index (χ0n) is 12.9. The van der Waals surface area contributed by atoms with E-state index < -0.39 is 0 Å². The van der Waals surface area contributed by atoms with Crippen LogP contribution in [0.15, 0.2) is 23.0 Å². The SMILES string of the molecule is COCC1c2nnn(CC3CC3)c2CCN1Cc1ccoc1. The second-order valence-corrected chi connectivity index (χ2v) is 6.37. The molecule has 118 valence electrons. The zero-order chi connectivity index (χ0) is 14.9. The molecule has 4 rings (SSSR count). The van der Waals surface area contributed by atoms with Gasteiger partial charge in [-0.15, -0.1) is 5.10 Å². The smallest absolute Gasteiger partial charge is 0.105 e. The predicted octanol–water partition coefficient (Wildman–Crippen LogP) is 2.03. The quantitative estimate of drug-likeness (QED) is 0.817.